The normalized spacial score (nSPS) is 17.2. The predicted molar refractivity (Wildman–Crippen MR) is 141 cm³/mol. The number of ether oxygens (including phenoxy) is 2. The minimum atomic E-state index is -0.787. The van der Waals surface area contributed by atoms with Gasteiger partial charge >= 0.3 is 0 Å². The number of hydrogen-bond donors (Lipinski definition) is 1. The number of nitrogens with zero attached hydrogens (tertiary/aromatic N) is 4. The molecule has 37 heavy (non-hydrogen) atoms. The number of Topliss-reactive ketones (excluding diaryl/α,β-unsaturated/α-hetero) is 1. The molecule has 1 aromatic carbocycles. The summed E-state index contributed by atoms with van der Waals surface area (Å²) >= 11 is 0. The minimum absolute atomic E-state index is 0.0359. The van der Waals surface area contributed by atoms with Gasteiger partial charge < -0.3 is 24.4 Å². The number of aromatic nitrogens is 2. The summed E-state index contributed by atoms with van der Waals surface area (Å²) in [6.07, 6.45) is 2.46. The highest BCUT2D eigenvalue weighted by atomic mass is 16.5. The molecule has 0 radical (unpaired) electrons. The highest BCUT2D eigenvalue weighted by Gasteiger charge is 2.46. The number of rotatable bonds is 10. The first kappa shape index (κ1) is 26.2. The lowest BCUT2D eigenvalue weighted by Gasteiger charge is -2.27. The maximum atomic E-state index is 13.5. The topological polar surface area (TPSA) is 96.6 Å². The van der Waals surface area contributed by atoms with Crippen LogP contribution in [0.4, 0.5) is 0 Å². The second-order valence-electron chi connectivity index (χ2n) is 8.96. The van der Waals surface area contributed by atoms with Crippen LogP contribution in [0.5, 0.6) is 11.5 Å². The largest absolute Gasteiger partial charge is 0.505 e. The lowest BCUT2D eigenvalue weighted by Crippen LogP contribution is -2.33. The second kappa shape index (κ2) is 11.0. The molecule has 0 aliphatic carbocycles. The van der Waals surface area contributed by atoms with E-state index in [2.05, 4.69) is 23.7 Å². The molecule has 0 bridgehead atoms. The molecule has 196 valence electrons. The number of aliphatic hydroxyl groups is 1. The molecule has 1 atom stereocenters. The summed E-state index contributed by atoms with van der Waals surface area (Å²) in [6.45, 7) is 8.93. The first-order valence-corrected chi connectivity index (χ1v) is 12.5. The van der Waals surface area contributed by atoms with Crippen LogP contribution in [0.25, 0.3) is 11.4 Å². The van der Waals surface area contributed by atoms with Crippen LogP contribution in [0, 0.1) is 6.92 Å². The average molecular weight is 507 g/mol. The Labute approximate surface area is 216 Å². The van der Waals surface area contributed by atoms with Crippen LogP contribution in [0.1, 0.15) is 43.3 Å². The summed E-state index contributed by atoms with van der Waals surface area (Å²) in [7, 11) is 3.08. The van der Waals surface area contributed by atoms with E-state index in [0.717, 1.165) is 19.6 Å². The fraction of sp³-hybridized carbons (Fsp3) is 0.393. The maximum Gasteiger partial charge on any atom is 0.295 e. The number of pyridine rings is 1. The van der Waals surface area contributed by atoms with Crippen LogP contribution in [0.2, 0.25) is 0 Å². The summed E-state index contributed by atoms with van der Waals surface area (Å²) < 4.78 is 12.6. The van der Waals surface area contributed by atoms with Gasteiger partial charge in [0, 0.05) is 12.7 Å². The molecule has 2 aromatic heterocycles. The smallest absolute Gasteiger partial charge is 0.295 e. The fourth-order valence-corrected chi connectivity index (χ4v) is 5.01. The van der Waals surface area contributed by atoms with Gasteiger partial charge in [-0.1, -0.05) is 26.0 Å². The van der Waals surface area contributed by atoms with E-state index in [1.165, 1.54) is 7.11 Å². The Bertz CT molecular complexity index is 1340. The van der Waals surface area contributed by atoms with Crippen LogP contribution in [0.15, 0.2) is 48.2 Å². The van der Waals surface area contributed by atoms with Gasteiger partial charge in [-0.2, -0.15) is 0 Å². The molecule has 1 saturated heterocycles. The molecule has 1 amide bonds. The van der Waals surface area contributed by atoms with Crippen molar-refractivity contribution in [2.24, 2.45) is 0 Å². The van der Waals surface area contributed by atoms with Gasteiger partial charge in [-0.3, -0.25) is 14.0 Å². The van der Waals surface area contributed by atoms with Crippen LogP contribution >= 0.6 is 0 Å². The molecule has 1 fully saturated rings. The lowest BCUT2D eigenvalue weighted by molar-refractivity contribution is -0.140. The van der Waals surface area contributed by atoms with Gasteiger partial charge in [0.1, 0.15) is 11.3 Å². The van der Waals surface area contributed by atoms with Crippen LogP contribution < -0.4 is 9.47 Å². The van der Waals surface area contributed by atoms with Crippen molar-refractivity contribution in [1.29, 1.82) is 0 Å². The van der Waals surface area contributed by atoms with Gasteiger partial charge in [-0.25, -0.2) is 4.98 Å². The Kier molecular flexibility index (Phi) is 7.83. The van der Waals surface area contributed by atoms with Gasteiger partial charge in [0.05, 0.1) is 31.5 Å². The summed E-state index contributed by atoms with van der Waals surface area (Å²) in [6, 6.07) is 9.99. The highest BCUT2D eigenvalue weighted by molar-refractivity contribution is 6.46. The Balaban J connectivity index is 1.86. The lowest BCUT2D eigenvalue weighted by atomic mass is 9.95. The number of aliphatic hydroxyl groups excluding tert-OH is 1. The van der Waals surface area contributed by atoms with E-state index in [4.69, 9.17) is 9.47 Å². The van der Waals surface area contributed by atoms with E-state index in [-0.39, 0.29) is 11.3 Å². The molecule has 0 saturated carbocycles. The molecular weight excluding hydrogens is 472 g/mol. The molecule has 3 heterocycles. The molecule has 1 N–H and O–H groups in total. The van der Waals surface area contributed by atoms with Crippen LogP contribution in [-0.2, 0) is 9.59 Å². The number of aryl methyl sites for hydroxylation is 1. The molecule has 4 rings (SSSR count). The van der Waals surface area contributed by atoms with E-state index in [0.29, 0.717) is 47.1 Å². The number of imidazole rings is 1. The highest BCUT2D eigenvalue weighted by Crippen LogP contribution is 2.42. The van der Waals surface area contributed by atoms with Crippen molar-refractivity contribution < 1.29 is 24.2 Å². The number of likely N-dealkylation sites (tertiary alicyclic amines) is 1. The van der Waals surface area contributed by atoms with Gasteiger partial charge in [0.2, 0.25) is 0 Å². The maximum absolute atomic E-state index is 13.5. The molecule has 0 unspecified atom stereocenters. The number of fused-ring (bicyclic) bond motifs is 1. The third-order valence-electron chi connectivity index (χ3n) is 6.96. The average Bonchev–Trinajstić information content (AvgIpc) is 3.38. The van der Waals surface area contributed by atoms with Crippen molar-refractivity contribution in [3.05, 3.63) is 65.1 Å². The standard InChI is InChI=1S/C28H34N4O5/c1-6-30(7-2)14-10-16-32-25(19-12-13-20(36-4)21(17-19)37-5)23(27(34)28(32)35)26(33)24-18(3)29-22-11-8-9-15-31(22)24/h8-9,11-13,15,17,25,33H,6-7,10,14,16H2,1-5H3/b26-23+/t25-/m0/s1. The molecule has 9 nitrogen and oxygen atoms in total. The van der Waals surface area contributed by atoms with Gasteiger partial charge in [0.25, 0.3) is 11.7 Å². The number of benzene rings is 1. The Morgan fingerprint density at radius 3 is 2.49 bits per heavy atom. The third-order valence-corrected chi connectivity index (χ3v) is 6.96. The number of methoxy groups -OCH3 is 2. The van der Waals surface area contributed by atoms with Crippen LogP contribution in [0.3, 0.4) is 0 Å². The summed E-state index contributed by atoms with van der Waals surface area (Å²) in [5.74, 6) is -0.597. The van der Waals surface area contributed by atoms with Crippen molar-refractivity contribution in [2.75, 3.05) is 40.4 Å². The third kappa shape index (κ3) is 4.79. The molecule has 1 aliphatic heterocycles. The van der Waals surface area contributed by atoms with Crippen molar-refractivity contribution in [1.82, 2.24) is 19.2 Å². The molecule has 3 aromatic rings. The summed E-state index contributed by atoms with van der Waals surface area (Å²) in [4.78, 5) is 35.2. The number of amides is 1. The molecule has 9 heteroatoms. The van der Waals surface area contributed by atoms with Crippen molar-refractivity contribution in [2.45, 2.75) is 33.2 Å². The fourth-order valence-electron chi connectivity index (χ4n) is 5.01. The number of hydrogen-bond acceptors (Lipinski definition) is 7. The Morgan fingerprint density at radius 1 is 1.08 bits per heavy atom. The minimum Gasteiger partial charge on any atom is -0.505 e. The van der Waals surface area contributed by atoms with Crippen LogP contribution in [-0.4, -0.2) is 76.4 Å². The summed E-state index contributed by atoms with van der Waals surface area (Å²) in [5.41, 5.74) is 2.27. The van der Waals surface area contributed by atoms with Gasteiger partial charge in [-0.05, 0) is 62.8 Å². The van der Waals surface area contributed by atoms with Crippen molar-refractivity contribution >= 4 is 23.1 Å². The van der Waals surface area contributed by atoms with Crippen molar-refractivity contribution in [3.8, 4) is 11.5 Å². The Morgan fingerprint density at radius 2 is 1.81 bits per heavy atom. The summed E-state index contributed by atoms with van der Waals surface area (Å²) in [5, 5.41) is 11.6. The Hall–Kier alpha value is -3.85. The SMILES string of the molecule is CCN(CC)CCCN1C(=O)C(=O)/C(=C(/O)c2c(C)nc3ccccn23)[C@@H]1c1ccc(OC)c(OC)c1. The molecule has 0 spiro atoms. The first-order chi connectivity index (χ1) is 17.9. The first-order valence-electron chi connectivity index (χ1n) is 12.5. The second-order valence-corrected chi connectivity index (χ2v) is 8.96. The van der Waals surface area contributed by atoms with E-state index < -0.39 is 17.7 Å². The number of ketones is 1. The zero-order chi connectivity index (χ0) is 26.7. The zero-order valence-corrected chi connectivity index (χ0v) is 22.0. The number of carbonyl (C=O) groups is 2. The monoisotopic (exact) mass is 506 g/mol. The predicted octanol–water partition coefficient (Wildman–Crippen LogP) is 3.81. The number of carbonyl (C=O) groups excluding carboxylic acids is 2. The van der Waals surface area contributed by atoms with E-state index in [1.54, 1.807) is 47.7 Å². The van der Waals surface area contributed by atoms with E-state index in [9.17, 15) is 14.7 Å². The van der Waals surface area contributed by atoms with Gasteiger partial charge in [-0.15, -0.1) is 0 Å². The molecular formula is C28H34N4O5. The van der Waals surface area contributed by atoms with E-state index in [1.807, 2.05) is 18.2 Å². The van der Waals surface area contributed by atoms with Gasteiger partial charge in [0.15, 0.2) is 17.3 Å². The van der Waals surface area contributed by atoms with E-state index >= 15 is 0 Å². The van der Waals surface area contributed by atoms with Crippen molar-refractivity contribution in [3.63, 3.8) is 0 Å². The molecule has 1 aliphatic rings. The zero-order valence-electron chi connectivity index (χ0n) is 22.0. The quantitative estimate of drug-likeness (QED) is 0.254.